The first-order valence-corrected chi connectivity index (χ1v) is 4.58. The molecule has 0 atom stereocenters. The van der Waals surface area contributed by atoms with Crippen molar-refractivity contribution in [3.05, 3.63) is 27.6 Å². The number of nitrogens with zero attached hydrogens (tertiary/aromatic N) is 2. The van der Waals surface area contributed by atoms with Crippen LogP contribution >= 0.6 is 0 Å². The van der Waals surface area contributed by atoms with Crippen molar-refractivity contribution in [2.24, 2.45) is 0 Å². The van der Waals surface area contributed by atoms with E-state index in [1.165, 1.54) is 0 Å². The Balaban J connectivity index is 3.30. The maximum absolute atomic E-state index is 12.5. The minimum atomic E-state index is -3.16. The van der Waals surface area contributed by atoms with E-state index in [-0.39, 0.29) is 0 Å². The average Bonchev–Trinajstić information content (AvgIpc) is 2.30. The molecular formula is C9H8F2N2O5. The van der Waals surface area contributed by atoms with E-state index in [0.717, 1.165) is 7.11 Å². The lowest BCUT2D eigenvalue weighted by Gasteiger charge is -2.06. The highest BCUT2D eigenvalue weighted by Crippen LogP contribution is 2.37. The van der Waals surface area contributed by atoms with E-state index in [2.05, 4.69) is 9.72 Å². The third-order valence-corrected chi connectivity index (χ3v) is 2.09. The fourth-order valence-corrected chi connectivity index (χ4v) is 1.23. The highest BCUT2D eigenvalue weighted by molar-refractivity contribution is 5.73. The summed E-state index contributed by atoms with van der Waals surface area (Å²) in [4.78, 5) is 23.8. The molecule has 0 fully saturated rings. The van der Waals surface area contributed by atoms with Crippen LogP contribution in [0.3, 0.4) is 0 Å². The summed E-state index contributed by atoms with van der Waals surface area (Å²) in [7, 11) is 1.07. The number of carbonyl (C=O) groups excluding carboxylic acids is 1. The summed E-state index contributed by atoms with van der Waals surface area (Å²) in [5.74, 6) is -1.86. The van der Waals surface area contributed by atoms with E-state index >= 15 is 0 Å². The molecule has 0 aliphatic rings. The van der Waals surface area contributed by atoms with E-state index in [0.29, 0.717) is 6.20 Å². The Morgan fingerprint density at radius 3 is 2.72 bits per heavy atom. The van der Waals surface area contributed by atoms with Crippen LogP contribution in [-0.2, 0) is 16.0 Å². The third kappa shape index (κ3) is 2.67. The fraction of sp³-hybridized carbons (Fsp3) is 0.333. The average molecular weight is 262 g/mol. The van der Waals surface area contributed by atoms with Crippen LogP contribution in [0.15, 0.2) is 6.20 Å². The molecule has 18 heavy (non-hydrogen) atoms. The van der Waals surface area contributed by atoms with Crippen molar-refractivity contribution in [3.8, 4) is 5.75 Å². The first kappa shape index (κ1) is 13.7. The maximum atomic E-state index is 12.5. The highest BCUT2D eigenvalue weighted by Gasteiger charge is 2.29. The molecule has 1 heterocycles. The number of rotatable bonds is 4. The Labute approximate surface area is 99.2 Å². The molecular weight excluding hydrogens is 254 g/mol. The lowest BCUT2D eigenvalue weighted by molar-refractivity contribution is -0.387. The van der Waals surface area contributed by atoms with Gasteiger partial charge in [0.2, 0.25) is 5.75 Å². The molecule has 9 heteroatoms. The topological polar surface area (TPSA) is 103 Å². The molecule has 1 N–H and O–H groups in total. The number of hydrogen-bond donors (Lipinski definition) is 1. The molecule has 0 aromatic carbocycles. The molecule has 0 saturated carbocycles. The van der Waals surface area contributed by atoms with Crippen LogP contribution in [0.1, 0.15) is 17.7 Å². The van der Waals surface area contributed by atoms with Gasteiger partial charge in [-0.1, -0.05) is 0 Å². The zero-order valence-electron chi connectivity index (χ0n) is 9.09. The first-order valence-electron chi connectivity index (χ1n) is 4.58. The Bertz CT molecular complexity index is 492. The summed E-state index contributed by atoms with van der Waals surface area (Å²) in [6, 6.07) is 0. The summed E-state index contributed by atoms with van der Waals surface area (Å²) >= 11 is 0. The molecule has 0 bridgehead atoms. The van der Waals surface area contributed by atoms with Crippen molar-refractivity contribution in [2.75, 3.05) is 7.11 Å². The molecule has 1 aromatic rings. The number of hydrogen-bond acceptors (Lipinski definition) is 6. The Kier molecular flexibility index (Phi) is 4.08. The van der Waals surface area contributed by atoms with Crippen LogP contribution < -0.4 is 0 Å². The second-order valence-corrected chi connectivity index (χ2v) is 3.17. The van der Waals surface area contributed by atoms with Crippen molar-refractivity contribution in [1.29, 1.82) is 0 Å². The van der Waals surface area contributed by atoms with Crippen molar-refractivity contribution < 1.29 is 28.3 Å². The van der Waals surface area contributed by atoms with E-state index < -0.39 is 46.4 Å². The number of pyridine rings is 1. The van der Waals surface area contributed by atoms with Gasteiger partial charge in [0.15, 0.2) is 0 Å². The van der Waals surface area contributed by atoms with E-state index in [9.17, 15) is 28.8 Å². The van der Waals surface area contributed by atoms with E-state index in [1.54, 1.807) is 0 Å². The fourth-order valence-electron chi connectivity index (χ4n) is 1.23. The Morgan fingerprint density at radius 1 is 1.67 bits per heavy atom. The van der Waals surface area contributed by atoms with Gasteiger partial charge in [-0.2, -0.15) is 0 Å². The van der Waals surface area contributed by atoms with Gasteiger partial charge >= 0.3 is 11.7 Å². The minimum absolute atomic E-state index is 0.391. The van der Waals surface area contributed by atoms with Gasteiger partial charge in [-0.05, 0) is 0 Å². The van der Waals surface area contributed by atoms with Crippen molar-refractivity contribution in [1.82, 2.24) is 4.98 Å². The van der Waals surface area contributed by atoms with Crippen molar-refractivity contribution in [2.45, 2.75) is 12.8 Å². The van der Waals surface area contributed by atoms with Crippen LogP contribution in [0.4, 0.5) is 14.5 Å². The second kappa shape index (κ2) is 5.34. The molecule has 98 valence electrons. The lowest BCUT2D eigenvalue weighted by Crippen LogP contribution is -2.08. The lowest BCUT2D eigenvalue weighted by atomic mass is 10.1. The molecule has 1 aromatic heterocycles. The molecule has 0 aliphatic carbocycles. The molecule has 0 saturated heterocycles. The predicted octanol–water partition coefficient (Wildman–Crippen LogP) is 1.35. The monoisotopic (exact) mass is 262 g/mol. The minimum Gasteiger partial charge on any atom is -0.501 e. The highest BCUT2D eigenvalue weighted by atomic mass is 19.3. The standard InChI is InChI=1S/C9H8F2N2O5/c1-18-6(14)2-5-8(15)7(13(16)17)4(3-12-5)9(10)11/h3,9,15H,2H2,1H3. The summed E-state index contributed by atoms with van der Waals surface area (Å²) in [6.07, 6.45) is -3.15. The number of alkyl halides is 2. The molecule has 7 nitrogen and oxygen atoms in total. The number of methoxy groups -OCH3 is 1. The van der Waals surface area contributed by atoms with Gasteiger partial charge in [0.05, 0.1) is 18.5 Å². The molecule has 0 amide bonds. The van der Waals surface area contributed by atoms with Gasteiger partial charge in [-0.15, -0.1) is 0 Å². The number of nitro groups is 1. The van der Waals surface area contributed by atoms with Crippen LogP contribution in [0, 0.1) is 10.1 Å². The van der Waals surface area contributed by atoms with Crippen molar-refractivity contribution >= 4 is 11.7 Å². The van der Waals surface area contributed by atoms with Crippen LogP contribution in [0.5, 0.6) is 5.75 Å². The third-order valence-electron chi connectivity index (χ3n) is 2.09. The molecule has 0 spiro atoms. The van der Waals surface area contributed by atoms with Crippen LogP contribution in [0.25, 0.3) is 0 Å². The van der Waals surface area contributed by atoms with Gasteiger partial charge in [0.25, 0.3) is 6.43 Å². The molecule has 0 radical (unpaired) electrons. The van der Waals surface area contributed by atoms with Gasteiger partial charge in [0.1, 0.15) is 11.3 Å². The number of ether oxygens (including phenoxy) is 1. The zero-order valence-corrected chi connectivity index (χ0v) is 9.09. The van der Waals surface area contributed by atoms with Crippen molar-refractivity contribution in [3.63, 3.8) is 0 Å². The van der Waals surface area contributed by atoms with Gasteiger partial charge < -0.3 is 9.84 Å². The predicted molar refractivity (Wildman–Crippen MR) is 53.2 cm³/mol. The smallest absolute Gasteiger partial charge is 0.323 e. The van der Waals surface area contributed by atoms with Crippen LogP contribution in [-0.4, -0.2) is 28.1 Å². The number of halogens is 2. The molecule has 0 aliphatic heterocycles. The first-order chi connectivity index (χ1) is 8.38. The van der Waals surface area contributed by atoms with Gasteiger partial charge in [-0.3, -0.25) is 19.9 Å². The largest absolute Gasteiger partial charge is 0.501 e. The molecule has 0 unspecified atom stereocenters. The van der Waals surface area contributed by atoms with Gasteiger partial charge in [0, 0.05) is 6.20 Å². The summed E-state index contributed by atoms with van der Waals surface area (Å²) < 4.78 is 29.2. The molecule has 1 rings (SSSR count). The number of aromatic hydroxyl groups is 1. The Morgan fingerprint density at radius 2 is 2.28 bits per heavy atom. The number of esters is 1. The quantitative estimate of drug-likeness (QED) is 0.499. The normalized spacial score (nSPS) is 10.4. The summed E-state index contributed by atoms with van der Waals surface area (Å²) in [6.45, 7) is 0. The number of aromatic nitrogens is 1. The van der Waals surface area contributed by atoms with E-state index in [1.807, 2.05) is 0 Å². The Hall–Kier alpha value is -2.32. The number of carbonyl (C=O) groups is 1. The van der Waals surface area contributed by atoms with E-state index in [4.69, 9.17) is 0 Å². The second-order valence-electron chi connectivity index (χ2n) is 3.17. The summed E-state index contributed by atoms with van der Waals surface area (Å²) in [5.41, 5.74) is -2.55. The SMILES string of the molecule is COC(=O)Cc1ncc(C(F)F)c([N+](=O)[O-])c1O. The van der Waals surface area contributed by atoms with Crippen LogP contribution in [0.2, 0.25) is 0 Å². The van der Waals surface area contributed by atoms with Gasteiger partial charge in [-0.25, -0.2) is 8.78 Å². The zero-order chi connectivity index (χ0) is 13.9. The summed E-state index contributed by atoms with van der Waals surface area (Å²) in [5, 5.41) is 20.1. The maximum Gasteiger partial charge on any atom is 0.323 e.